The van der Waals surface area contributed by atoms with Gasteiger partial charge in [-0.05, 0) is 36.4 Å². The van der Waals surface area contributed by atoms with Crippen LogP contribution in [0.15, 0.2) is 42.5 Å². The summed E-state index contributed by atoms with van der Waals surface area (Å²) in [5, 5.41) is 2.66. The maximum atomic E-state index is 12.7. The van der Waals surface area contributed by atoms with Gasteiger partial charge in [0.05, 0.1) is 45.1 Å². The lowest BCUT2D eigenvalue weighted by Gasteiger charge is -2.27. The molecule has 0 unspecified atom stereocenters. The summed E-state index contributed by atoms with van der Waals surface area (Å²) < 4.78 is 41.5. The summed E-state index contributed by atoms with van der Waals surface area (Å²) in [5.74, 6) is 0.187. The molecular formula is C22H27N3O7S. The second-order valence-corrected chi connectivity index (χ2v) is 9.24. The minimum Gasteiger partial charge on any atom is -0.497 e. The predicted molar refractivity (Wildman–Crippen MR) is 124 cm³/mol. The largest absolute Gasteiger partial charge is 0.497 e. The number of carbonyl (C=O) groups is 2. The third kappa shape index (κ3) is 6.14. The zero-order chi connectivity index (χ0) is 24.0. The van der Waals surface area contributed by atoms with Crippen LogP contribution in [-0.2, 0) is 19.6 Å². The van der Waals surface area contributed by atoms with Gasteiger partial charge in [-0.15, -0.1) is 0 Å². The first-order valence-corrected chi connectivity index (χ1v) is 12.0. The van der Waals surface area contributed by atoms with Gasteiger partial charge in [-0.25, -0.2) is 8.42 Å². The normalized spacial score (nSPS) is 13.8. The Morgan fingerprint density at radius 2 is 1.73 bits per heavy atom. The average molecular weight is 478 g/mol. The van der Waals surface area contributed by atoms with Crippen LogP contribution >= 0.6 is 0 Å². The van der Waals surface area contributed by atoms with Crippen molar-refractivity contribution in [1.82, 2.24) is 4.90 Å². The molecule has 1 N–H and O–H groups in total. The molecule has 178 valence electrons. The first-order valence-electron chi connectivity index (χ1n) is 10.2. The maximum absolute atomic E-state index is 12.7. The van der Waals surface area contributed by atoms with Crippen LogP contribution in [0.4, 0.5) is 11.4 Å². The lowest BCUT2D eigenvalue weighted by atomic mass is 10.1. The van der Waals surface area contributed by atoms with E-state index in [-0.39, 0.29) is 11.6 Å². The van der Waals surface area contributed by atoms with E-state index < -0.39 is 22.5 Å². The van der Waals surface area contributed by atoms with E-state index in [2.05, 4.69) is 5.32 Å². The number of anilines is 2. The van der Waals surface area contributed by atoms with Crippen LogP contribution in [0.2, 0.25) is 0 Å². The molecule has 33 heavy (non-hydrogen) atoms. The molecule has 0 saturated carbocycles. The molecule has 0 bridgehead atoms. The van der Waals surface area contributed by atoms with Crippen molar-refractivity contribution in [2.45, 2.75) is 0 Å². The molecule has 1 fully saturated rings. The van der Waals surface area contributed by atoms with Crippen molar-refractivity contribution in [3.63, 3.8) is 0 Å². The topological polar surface area (TPSA) is 114 Å². The van der Waals surface area contributed by atoms with Gasteiger partial charge in [0, 0.05) is 24.7 Å². The minimum atomic E-state index is -3.78. The number of nitrogens with zero attached hydrogens (tertiary/aromatic N) is 2. The Balaban J connectivity index is 1.76. The Bertz CT molecular complexity index is 1100. The molecule has 0 aliphatic carbocycles. The number of nitrogens with one attached hydrogen (secondary N) is 1. The number of hydrogen-bond acceptors (Lipinski definition) is 7. The van der Waals surface area contributed by atoms with Crippen LogP contribution in [0, 0.1) is 0 Å². The Morgan fingerprint density at radius 3 is 2.30 bits per heavy atom. The third-order valence-corrected chi connectivity index (χ3v) is 6.21. The second-order valence-electron chi connectivity index (χ2n) is 7.34. The predicted octanol–water partition coefficient (Wildman–Crippen LogP) is 1.58. The fourth-order valence-electron chi connectivity index (χ4n) is 3.35. The molecule has 0 atom stereocenters. The van der Waals surface area contributed by atoms with Crippen LogP contribution in [-0.4, -0.2) is 78.5 Å². The number of hydrogen-bond donors (Lipinski definition) is 1. The summed E-state index contributed by atoms with van der Waals surface area (Å²) in [5.41, 5.74) is 1.05. The van der Waals surface area contributed by atoms with Gasteiger partial charge in [-0.1, -0.05) is 0 Å². The number of rotatable bonds is 8. The summed E-state index contributed by atoms with van der Waals surface area (Å²) in [4.78, 5) is 27.0. The number of carbonyl (C=O) groups excluding carboxylic acids is 2. The summed E-state index contributed by atoms with van der Waals surface area (Å²) in [7, 11) is -0.832. The molecule has 11 heteroatoms. The van der Waals surface area contributed by atoms with Crippen molar-refractivity contribution in [1.29, 1.82) is 0 Å². The monoisotopic (exact) mass is 477 g/mol. The highest BCUT2D eigenvalue weighted by molar-refractivity contribution is 7.92. The van der Waals surface area contributed by atoms with Crippen molar-refractivity contribution in [2.24, 2.45) is 0 Å². The Kier molecular flexibility index (Phi) is 7.77. The average Bonchev–Trinajstić information content (AvgIpc) is 2.82. The van der Waals surface area contributed by atoms with Crippen LogP contribution in [0.3, 0.4) is 0 Å². The van der Waals surface area contributed by atoms with E-state index in [4.69, 9.17) is 14.2 Å². The number of benzene rings is 2. The Hall–Kier alpha value is -3.31. The van der Waals surface area contributed by atoms with Crippen LogP contribution in [0.25, 0.3) is 0 Å². The van der Waals surface area contributed by atoms with Gasteiger partial charge in [0.15, 0.2) is 0 Å². The molecule has 3 rings (SSSR count). The quantitative estimate of drug-likeness (QED) is 0.614. The molecule has 2 aromatic carbocycles. The third-order valence-electron chi connectivity index (χ3n) is 5.07. The lowest BCUT2D eigenvalue weighted by Crippen LogP contribution is -2.40. The first kappa shape index (κ1) is 24.3. The summed E-state index contributed by atoms with van der Waals surface area (Å²) in [6.07, 6.45) is 1.01. The number of ether oxygens (including phenoxy) is 3. The Morgan fingerprint density at radius 1 is 1.06 bits per heavy atom. The van der Waals surface area contributed by atoms with E-state index in [1.807, 2.05) is 0 Å². The van der Waals surface area contributed by atoms with Crippen molar-refractivity contribution >= 4 is 33.2 Å². The number of amides is 2. The molecule has 1 heterocycles. The van der Waals surface area contributed by atoms with Gasteiger partial charge in [-0.2, -0.15) is 0 Å². The van der Waals surface area contributed by atoms with Crippen molar-refractivity contribution in [3.8, 4) is 11.5 Å². The molecule has 1 aliphatic rings. The molecule has 0 radical (unpaired) electrons. The van der Waals surface area contributed by atoms with E-state index in [9.17, 15) is 18.0 Å². The van der Waals surface area contributed by atoms with Crippen molar-refractivity contribution in [2.75, 3.05) is 62.9 Å². The van der Waals surface area contributed by atoms with E-state index in [0.717, 1.165) is 10.6 Å². The zero-order valence-electron chi connectivity index (χ0n) is 18.7. The molecule has 1 aliphatic heterocycles. The highest BCUT2D eigenvalue weighted by Gasteiger charge is 2.23. The number of morpholine rings is 1. The fourth-order valence-corrected chi connectivity index (χ4v) is 4.21. The van der Waals surface area contributed by atoms with Crippen LogP contribution in [0.1, 0.15) is 10.4 Å². The molecule has 2 amide bonds. The standard InChI is InChI=1S/C22H27N3O7S/c1-30-18-8-9-20(31-2)19(14-18)23-21(26)15-25(33(3,28)29)17-6-4-16(5-7-17)22(27)24-10-12-32-13-11-24/h4-9,14H,10-13,15H2,1-3H3,(H,23,26). The molecule has 0 spiro atoms. The van der Waals surface area contributed by atoms with Gasteiger partial charge in [-0.3, -0.25) is 13.9 Å². The van der Waals surface area contributed by atoms with E-state index in [0.29, 0.717) is 49.1 Å². The maximum Gasteiger partial charge on any atom is 0.254 e. The smallest absolute Gasteiger partial charge is 0.254 e. The molecular weight excluding hydrogens is 450 g/mol. The lowest BCUT2D eigenvalue weighted by molar-refractivity contribution is -0.114. The summed E-state index contributed by atoms with van der Waals surface area (Å²) in [6, 6.07) is 11.0. The van der Waals surface area contributed by atoms with E-state index >= 15 is 0 Å². The SMILES string of the molecule is COc1ccc(OC)c(NC(=O)CN(c2ccc(C(=O)N3CCOCC3)cc2)S(C)(=O)=O)c1. The van der Waals surface area contributed by atoms with Gasteiger partial charge < -0.3 is 24.4 Å². The summed E-state index contributed by atoms with van der Waals surface area (Å²) >= 11 is 0. The van der Waals surface area contributed by atoms with Gasteiger partial charge in [0.25, 0.3) is 5.91 Å². The fraction of sp³-hybridized carbons (Fsp3) is 0.364. The van der Waals surface area contributed by atoms with E-state index in [1.165, 1.54) is 26.4 Å². The zero-order valence-corrected chi connectivity index (χ0v) is 19.6. The molecule has 2 aromatic rings. The van der Waals surface area contributed by atoms with Gasteiger partial charge >= 0.3 is 0 Å². The van der Waals surface area contributed by atoms with E-state index in [1.54, 1.807) is 35.2 Å². The molecule has 1 saturated heterocycles. The van der Waals surface area contributed by atoms with Crippen LogP contribution < -0.4 is 19.1 Å². The van der Waals surface area contributed by atoms with Crippen molar-refractivity contribution in [3.05, 3.63) is 48.0 Å². The second kappa shape index (κ2) is 10.5. The number of sulfonamides is 1. The Labute approximate surface area is 193 Å². The highest BCUT2D eigenvalue weighted by atomic mass is 32.2. The van der Waals surface area contributed by atoms with Gasteiger partial charge in [0.1, 0.15) is 18.0 Å². The van der Waals surface area contributed by atoms with Gasteiger partial charge in [0.2, 0.25) is 15.9 Å². The first-order chi connectivity index (χ1) is 15.7. The highest BCUT2D eigenvalue weighted by Crippen LogP contribution is 2.29. The summed E-state index contributed by atoms with van der Waals surface area (Å²) in [6.45, 7) is 1.52. The number of methoxy groups -OCH3 is 2. The van der Waals surface area contributed by atoms with Crippen molar-refractivity contribution < 1.29 is 32.2 Å². The molecule has 10 nitrogen and oxygen atoms in total. The minimum absolute atomic E-state index is 0.154. The molecule has 0 aromatic heterocycles. The van der Waals surface area contributed by atoms with Crippen LogP contribution in [0.5, 0.6) is 11.5 Å².